The quantitative estimate of drug-likeness (QED) is 0.151. The van der Waals surface area contributed by atoms with Gasteiger partial charge in [-0.25, -0.2) is 4.39 Å². The Morgan fingerprint density at radius 2 is 1.06 bits per heavy atom. The van der Waals surface area contributed by atoms with Gasteiger partial charge in [-0.05, 0) is 99.8 Å². The van der Waals surface area contributed by atoms with Crippen molar-refractivity contribution in [1.82, 2.24) is 0 Å². The molecule has 0 spiro atoms. The van der Waals surface area contributed by atoms with E-state index in [1.54, 1.807) is 12.1 Å². The number of hydrogen-bond donors (Lipinski definition) is 0. The molecule has 4 heteroatoms. The molecule has 264 valence electrons. The third kappa shape index (κ3) is 5.61. The zero-order chi connectivity index (χ0) is 37.2. The molecular formula is C50H43FN2Si. The van der Waals surface area contributed by atoms with E-state index in [1.807, 2.05) is 24.3 Å². The van der Waals surface area contributed by atoms with E-state index in [4.69, 9.17) is 0 Å². The van der Waals surface area contributed by atoms with E-state index < -0.39 is 8.07 Å². The Bertz CT molecular complexity index is 2690. The zero-order valence-electron chi connectivity index (χ0n) is 31.4. The maximum absolute atomic E-state index is 14.7. The summed E-state index contributed by atoms with van der Waals surface area (Å²) in [5.41, 5.74) is 11.0. The third-order valence-electron chi connectivity index (χ3n) is 11.2. The molecule has 0 N–H and O–H groups in total. The van der Waals surface area contributed by atoms with Gasteiger partial charge in [0.15, 0.2) is 0 Å². The Hall–Kier alpha value is -5.97. The summed E-state index contributed by atoms with van der Waals surface area (Å²) in [5, 5.41) is 6.31. The molecule has 9 rings (SSSR count). The summed E-state index contributed by atoms with van der Waals surface area (Å²) >= 11 is 0. The standard InChI is InChI=1S/C50H43FN2Si/c1-50(2)45-32-39(52(36-18-7-6-8-19-36)38-20-14-17-35(51)31-38)27-30-44(45)49-43-23-12-11-22-42(43)48(33-46(49)50)53(37-25-28-40(29-26-37)54(3,4)5)47-24-13-16-34-15-9-10-21-41(34)47/h6-33H,1-5H3. The second-order valence-corrected chi connectivity index (χ2v) is 21.1. The molecule has 8 aromatic rings. The molecule has 0 saturated carbocycles. The van der Waals surface area contributed by atoms with Crippen LogP contribution in [-0.4, -0.2) is 8.07 Å². The smallest absolute Gasteiger partial charge is 0.125 e. The molecule has 0 bridgehead atoms. The summed E-state index contributed by atoms with van der Waals surface area (Å²) in [4.78, 5) is 4.63. The largest absolute Gasteiger partial charge is 0.310 e. The van der Waals surface area contributed by atoms with Crippen molar-refractivity contribution in [3.63, 3.8) is 0 Å². The van der Waals surface area contributed by atoms with E-state index in [0.29, 0.717) is 0 Å². The molecule has 0 atom stereocenters. The molecule has 8 aromatic carbocycles. The second-order valence-electron chi connectivity index (χ2n) is 16.0. The van der Waals surface area contributed by atoms with Gasteiger partial charge in [-0.15, -0.1) is 0 Å². The Morgan fingerprint density at radius 3 is 1.80 bits per heavy atom. The normalized spacial score (nSPS) is 13.1. The number of para-hydroxylation sites is 1. The van der Waals surface area contributed by atoms with Crippen LogP contribution in [0, 0.1) is 5.82 Å². The SMILES string of the molecule is CC1(C)c2cc(N(c3ccccc3)c3cccc(F)c3)ccc2-c2c1cc(N(c1ccc([Si](C)(C)C)cc1)c1cccc3ccccc13)c1ccccc21. The average Bonchev–Trinajstić information content (AvgIpc) is 3.41. The van der Waals surface area contributed by atoms with Gasteiger partial charge in [0.1, 0.15) is 5.82 Å². The Labute approximate surface area is 318 Å². The molecular weight excluding hydrogens is 676 g/mol. The summed E-state index contributed by atoms with van der Waals surface area (Å²) in [7, 11) is -1.51. The topological polar surface area (TPSA) is 6.48 Å². The first-order valence-corrected chi connectivity index (χ1v) is 22.3. The molecule has 0 saturated heterocycles. The number of halogens is 1. The van der Waals surface area contributed by atoms with Crippen LogP contribution < -0.4 is 15.0 Å². The van der Waals surface area contributed by atoms with Crippen LogP contribution in [0.5, 0.6) is 0 Å². The molecule has 0 aromatic heterocycles. The van der Waals surface area contributed by atoms with Gasteiger partial charge in [-0.3, -0.25) is 0 Å². The number of benzene rings is 8. The number of nitrogens with zero attached hydrogens (tertiary/aromatic N) is 2. The molecule has 1 aliphatic carbocycles. The summed E-state index contributed by atoms with van der Waals surface area (Å²) in [6.45, 7) is 11.9. The van der Waals surface area contributed by atoms with Crippen molar-refractivity contribution in [3.8, 4) is 11.1 Å². The van der Waals surface area contributed by atoms with E-state index in [9.17, 15) is 4.39 Å². The Kier molecular flexibility index (Phi) is 8.06. The van der Waals surface area contributed by atoms with Gasteiger partial charge in [0.25, 0.3) is 0 Å². The van der Waals surface area contributed by atoms with Crippen molar-refractivity contribution in [2.24, 2.45) is 0 Å². The van der Waals surface area contributed by atoms with Gasteiger partial charge >= 0.3 is 0 Å². The monoisotopic (exact) mass is 718 g/mol. The van der Waals surface area contributed by atoms with Crippen molar-refractivity contribution in [3.05, 3.63) is 187 Å². The van der Waals surface area contributed by atoms with Gasteiger partial charge in [0.05, 0.1) is 19.4 Å². The molecule has 0 aliphatic heterocycles. The van der Waals surface area contributed by atoms with E-state index in [-0.39, 0.29) is 11.2 Å². The van der Waals surface area contributed by atoms with Crippen LogP contribution in [-0.2, 0) is 5.41 Å². The lowest BCUT2D eigenvalue weighted by molar-refractivity contribution is 0.628. The third-order valence-corrected chi connectivity index (χ3v) is 13.3. The molecule has 2 nitrogen and oxygen atoms in total. The molecule has 0 amide bonds. The minimum absolute atomic E-state index is 0.257. The predicted molar refractivity (Wildman–Crippen MR) is 231 cm³/mol. The van der Waals surface area contributed by atoms with Crippen molar-refractivity contribution in [2.75, 3.05) is 9.80 Å². The highest BCUT2D eigenvalue weighted by molar-refractivity contribution is 6.88. The van der Waals surface area contributed by atoms with Crippen molar-refractivity contribution < 1.29 is 4.39 Å². The highest BCUT2D eigenvalue weighted by atomic mass is 28.3. The molecule has 0 heterocycles. The average molecular weight is 719 g/mol. The Morgan fingerprint density at radius 1 is 0.463 bits per heavy atom. The van der Waals surface area contributed by atoms with Crippen molar-refractivity contribution in [1.29, 1.82) is 0 Å². The van der Waals surface area contributed by atoms with Crippen LogP contribution in [0.1, 0.15) is 25.0 Å². The highest BCUT2D eigenvalue weighted by Crippen LogP contribution is 2.56. The summed E-state index contributed by atoms with van der Waals surface area (Å²) in [5.74, 6) is -0.257. The fraction of sp³-hybridized carbons (Fsp3) is 0.120. The molecule has 0 unspecified atom stereocenters. The summed E-state index contributed by atoms with van der Waals surface area (Å²) in [6, 6.07) is 59.9. The van der Waals surface area contributed by atoms with Gasteiger partial charge in [0.2, 0.25) is 0 Å². The lowest BCUT2D eigenvalue weighted by Crippen LogP contribution is -2.37. The maximum atomic E-state index is 14.7. The van der Waals surface area contributed by atoms with E-state index in [0.717, 1.165) is 34.1 Å². The van der Waals surface area contributed by atoms with Crippen LogP contribution >= 0.6 is 0 Å². The van der Waals surface area contributed by atoms with Gasteiger partial charge in [-0.1, -0.05) is 142 Å². The maximum Gasteiger partial charge on any atom is 0.125 e. The number of hydrogen-bond acceptors (Lipinski definition) is 2. The minimum Gasteiger partial charge on any atom is -0.310 e. The van der Waals surface area contributed by atoms with Crippen LogP contribution in [0.15, 0.2) is 170 Å². The fourth-order valence-electron chi connectivity index (χ4n) is 8.44. The summed E-state index contributed by atoms with van der Waals surface area (Å²) < 4.78 is 14.7. The fourth-order valence-corrected chi connectivity index (χ4v) is 9.60. The first-order valence-electron chi connectivity index (χ1n) is 18.8. The van der Waals surface area contributed by atoms with Gasteiger partial charge < -0.3 is 9.80 Å². The van der Waals surface area contributed by atoms with Crippen molar-refractivity contribution in [2.45, 2.75) is 38.9 Å². The van der Waals surface area contributed by atoms with Crippen LogP contribution in [0.25, 0.3) is 32.7 Å². The van der Waals surface area contributed by atoms with Gasteiger partial charge in [-0.2, -0.15) is 0 Å². The van der Waals surface area contributed by atoms with Crippen LogP contribution in [0.2, 0.25) is 19.6 Å². The van der Waals surface area contributed by atoms with Crippen LogP contribution in [0.3, 0.4) is 0 Å². The Balaban J connectivity index is 1.27. The molecule has 0 fully saturated rings. The predicted octanol–water partition coefficient (Wildman–Crippen LogP) is 13.9. The van der Waals surface area contributed by atoms with Crippen molar-refractivity contribution >= 4 is 68.9 Å². The zero-order valence-corrected chi connectivity index (χ0v) is 32.4. The number of anilines is 6. The molecule has 0 radical (unpaired) electrons. The first-order chi connectivity index (χ1) is 26.1. The number of rotatable bonds is 7. The first kappa shape index (κ1) is 33.8. The lowest BCUT2D eigenvalue weighted by atomic mass is 9.81. The summed E-state index contributed by atoms with van der Waals surface area (Å²) in [6.07, 6.45) is 0. The van der Waals surface area contributed by atoms with E-state index >= 15 is 0 Å². The van der Waals surface area contributed by atoms with E-state index in [2.05, 4.69) is 171 Å². The second kappa shape index (κ2) is 12.9. The number of fused-ring (bicyclic) bond motifs is 6. The highest BCUT2D eigenvalue weighted by Gasteiger charge is 2.38. The molecule has 54 heavy (non-hydrogen) atoms. The van der Waals surface area contributed by atoms with Gasteiger partial charge in [0, 0.05) is 38.9 Å². The van der Waals surface area contributed by atoms with E-state index in [1.165, 1.54) is 55.1 Å². The lowest BCUT2D eigenvalue weighted by Gasteiger charge is -2.31. The molecule has 1 aliphatic rings. The van der Waals surface area contributed by atoms with Crippen LogP contribution in [0.4, 0.5) is 38.5 Å². The minimum atomic E-state index is -1.51.